The summed E-state index contributed by atoms with van der Waals surface area (Å²) in [5.74, 6) is 0.711. The molecule has 0 saturated heterocycles. The average Bonchev–Trinajstić information content (AvgIpc) is 2.16. The van der Waals surface area contributed by atoms with E-state index in [1.807, 2.05) is 6.08 Å². The zero-order valence-corrected chi connectivity index (χ0v) is 11.0. The van der Waals surface area contributed by atoms with Gasteiger partial charge in [-0.15, -0.1) is 0 Å². The third kappa shape index (κ3) is 4.31. The molecule has 17 heavy (non-hydrogen) atoms. The fraction of sp³-hybridized carbons (Fsp3) is 0.818. The summed E-state index contributed by atoms with van der Waals surface area (Å²) < 4.78 is 10.6. The molecule has 1 aliphatic heterocycles. The van der Waals surface area contributed by atoms with Gasteiger partial charge in [0.1, 0.15) is 0 Å². The summed E-state index contributed by atoms with van der Waals surface area (Å²) >= 11 is 0. The molecule has 0 atom stereocenters. The minimum absolute atomic E-state index is 0.711. The molecule has 0 radical (unpaired) electrons. The van der Waals surface area contributed by atoms with Crippen molar-refractivity contribution < 1.29 is 19.4 Å². The largest absolute Gasteiger partial charge is 0.710 e. The molecule has 0 spiro atoms. The topological polar surface area (TPSA) is 71.0 Å². The van der Waals surface area contributed by atoms with E-state index in [-0.39, 0.29) is 0 Å². The van der Waals surface area contributed by atoms with Crippen LogP contribution in [0.5, 0.6) is 0 Å². The summed E-state index contributed by atoms with van der Waals surface area (Å²) in [6.07, 6.45) is 2.59. The van der Waals surface area contributed by atoms with E-state index in [2.05, 4.69) is 5.32 Å². The zero-order valence-electron chi connectivity index (χ0n) is 11.0. The first-order valence-corrected chi connectivity index (χ1v) is 5.87. The van der Waals surface area contributed by atoms with Gasteiger partial charge in [0, 0.05) is 19.5 Å². The fourth-order valence-corrected chi connectivity index (χ4v) is 1.26. The van der Waals surface area contributed by atoms with Crippen molar-refractivity contribution in [3.05, 3.63) is 11.8 Å². The van der Waals surface area contributed by atoms with E-state index in [9.17, 15) is 10.1 Å². The smallest absolute Gasteiger partial charge is 0.516 e. The van der Waals surface area contributed by atoms with Crippen LogP contribution in [0.25, 0.3) is 0 Å². The maximum atomic E-state index is 9.88. The van der Waals surface area contributed by atoms with Gasteiger partial charge in [-0.2, -0.15) is 0 Å². The molecule has 0 aromatic carbocycles. The molecule has 3 N–H and O–H groups in total. The molecular formula is C11H22BNO4. The van der Waals surface area contributed by atoms with E-state index in [4.69, 9.17) is 9.31 Å². The van der Waals surface area contributed by atoms with Crippen LogP contribution in [0.3, 0.4) is 0 Å². The molecule has 6 heteroatoms. The van der Waals surface area contributed by atoms with E-state index < -0.39 is 18.5 Å². The normalized spacial score (nSPS) is 17.6. The minimum atomic E-state index is -1.36. The van der Waals surface area contributed by atoms with Crippen molar-refractivity contribution in [3.63, 3.8) is 0 Å². The van der Waals surface area contributed by atoms with E-state index in [1.165, 1.54) is 0 Å². The Bertz CT molecular complexity index is 286. The lowest BCUT2D eigenvalue weighted by Crippen LogP contribution is -2.51. The van der Waals surface area contributed by atoms with Crippen LogP contribution < -0.4 is 5.32 Å². The van der Waals surface area contributed by atoms with E-state index in [0.29, 0.717) is 5.76 Å². The Labute approximate surface area is 103 Å². The Hall–Kier alpha value is -0.555. The first-order chi connectivity index (χ1) is 7.72. The molecule has 0 fully saturated rings. The van der Waals surface area contributed by atoms with Crippen molar-refractivity contribution in [1.82, 2.24) is 5.32 Å². The lowest BCUT2D eigenvalue weighted by molar-refractivity contribution is -0.110. The summed E-state index contributed by atoms with van der Waals surface area (Å²) in [6, 6.07) is 0. The molecule has 1 heterocycles. The van der Waals surface area contributed by atoms with Gasteiger partial charge in [-0.25, -0.2) is 0 Å². The third-order valence-corrected chi connectivity index (χ3v) is 3.14. The van der Waals surface area contributed by atoms with Gasteiger partial charge in [0.15, 0.2) is 0 Å². The number of aliphatic hydroxyl groups is 1. The summed E-state index contributed by atoms with van der Waals surface area (Å²) in [5, 5.41) is 22.7. The zero-order chi connectivity index (χ0) is 13.1. The predicted octanol–water partition coefficient (Wildman–Crippen LogP) is 0.423. The van der Waals surface area contributed by atoms with Crippen molar-refractivity contribution in [1.29, 1.82) is 0 Å². The molecule has 1 rings (SSSR count). The molecule has 0 saturated carbocycles. The standard InChI is InChI=1S/C11H22BNO4/c1-10(2,14)11(3,4)17-12(15)16-9-5-7-13-8-6-9/h5,13-15H,6-8H2,1-4H3. The van der Waals surface area contributed by atoms with Crippen LogP contribution in [0, 0.1) is 0 Å². The van der Waals surface area contributed by atoms with Gasteiger partial charge in [-0.05, 0) is 33.8 Å². The molecule has 98 valence electrons. The van der Waals surface area contributed by atoms with Crippen molar-refractivity contribution in [2.75, 3.05) is 13.1 Å². The van der Waals surface area contributed by atoms with Crippen LogP contribution in [0.15, 0.2) is 11.8 Å². The average molecular weight is 243 g/mol. The van der Waals surface area contributed by atoms with Gasteiger partial charge in [0.25, 0.3) is 0 Å². The SMILES string of the molecule is CC(C)(O)C(C)(C)OB(O)OC1=CCNCC1. The quantitative estimate of drug-likeness (QED) is 0.610. The molecule has 0 aliphatic carbocycles. The lowest BCUT2D eigenvalue weighted by atomic mass is 9.88. The minimum Gasteiger partial charge on any atom is -0.516 e. The van der Waals surface area contributed by atoms with Gasteiger partial charge in [-0.3, -0.25) is 0 Å². The van der Waals surface area contributed by atoms with Gasteiger partial charge in [0.2, 0.25) is 0 Å². The van der Waals surface area contributed by atoms with Gasteiger partial charge < -0.3 is 24.8 Å². The van der Waals surface area contributed by atoms with Crippen LogP contribution in [0.1, 0.15) is 34.1 Å². The van der Waals surface area contributed by atoms with Crippen LogP contribution in [0.4, 0.5) is 0 Å². The van der Waals surface area contributed by atoms with Crippen LogP contribution >= 0.6 is 0 Å². The molecule has 0 bridgehead atoms. The molecule has 0 amide bonds. The van der Waals surface area contributed by atoms with Crippen molar-refractivity contribution in [3.8, 4) is 0 Å². The fourth-order valence-electron chi connectivity index (χ4n) is 1.26. The van der Waals surface area contributed by atoms with E-state index in [0.717, 1.165) is 19.5 Å². The monoisotopic (exact) mass is 243 g/mol. The van der Waals surface area contributed by atoms with Crippen molar-refractivity contribution in [2.45, 2.75) is 45.3 Å². The first-order valence-electron chi connectivity index (χ1n) is 5.87. The maximum absolute atomic E-state index is 9.88. The van der Waals surface area contributed by atoms with E-state index in [1.54, 1.807) is 27.7 Å². The number of nitrogens with one attached hydrogen (secondary N) is 1. The summed E-state index contributed by atoms with van der Waals surface area (Å²) in [7, 11) is -1.36. The van der Waals surface area contributed by atoms with Crippen molar-refractivity contribution in [2.24, 2.45) is 0 Å². The molecule has 1 aliphatic rings. The third-order valence-electron chi connectivity index (χ3n) is 3.14. The summed E-state index contributed by atoms with van der Waals surface area (Å²) in [5.41, 5.74) is -1.97. The molecule has 5 nitrogen and oxygen atoms in total. The number of hydrogen-bond donors (Lipinski definition) is 3. The highest BCUT2D eigenvalue weighted by Gasteiger charge is 2.41. The Morgan fingerprint density at radius 2 is 2.00 bits per heavy atom. The van der Waals surface area contributed by atoms with Crippen LogP contribution in [-0.4, -0.2) is 41.7 Å². The molecule has 0 aromatic heterocycles. The summed E-state index contributed by atoms with van der Waals surface area (Å²) in [6.45, 7) is 8.23. The highest BCUT2D eigenvalue weighted by atomic mass is 16.7. The molecular weight excluding hydrogens is 221 g/mol. The van der Waals surface area contributed by atoms with Gasteiger partial charge >= 0.3 is 7.32 Å². The Morgan fingerprint density at radius 3 is 2.47 bits per heavy atom. The molecule has 0 aromatic rings. The maximum Gasteiger partial charge on any atom is 0.710 e. The highest BCUT2D eigenvalue weighted by Crippen LogP contribution is 2.26. The first kappa shape index (κ1) is 14.5. The second-order valence-corrected chi connectivity index (χ2v) is 5.24. The highest BCUT2D eigenvalue weighted by molar-refractivity contribution is 6.35. The lowest BCUT2D eigenvalue weighted by Gasteiger charge is -2.37. The Balaban J connectivity index is 2.49. The van der Waals surface area contributed by atoms with Crippen LogP contribution in [-0.2, 0) is 9.31 Å². The van der Waals surface area contributed by atoms with E-state index >= 15 is 0 Å². The second kappa shape index (κ2) is 5.39. The van der Waals surface area contributed by atoms with Gasteiger partial charge in [-0.1, -0.05) is 0 Å². The predicted molar refractivity (Wildman–Crippen MR) is 66.1 cm³/mol. The van der Waals surface area contributed by atoms with Gasteiger partial charge in [0.05, 0.1) is 17.0 Å². The summed E-state index contributed by atoms with van der Waals surface area (Å²) in [4.78, 5) is 0. The number of hydrogen-bond acceptors (Lipinski definition) is 5. The molecule has 0 unspecified atom stereocenters. The van der Waals surface area contributed by atoms with Crippen LogP contribution in [0.2, 0.25) is 0 Å². The Kier molecular flexibility index (Phi) is 4.60. The van der Waals surface area contributed by atoms with Crippen molar-refractivity contribution >= 4 is 7.32 Å². The number of rotatable bonds is 5. The second-order valence-electron chi connectivity index (χ2n) is 5.24. The Morgan fingerprint density at radius 1 is 1.35 bits per heavy atom.